The molecule has 3 aliphatic rings. The van der Waals surface area contributed by atoms with E-state index in [1.807, 2.05) is 0 Å². The van der Waals surface area contributed by atoms with E-state index in [-0.39, 0.29) is 51.6 Å². The summed E-state index contributed by atoms with van der Waals surface area (Å²) in [5, 5.41) is 46.1. The topological polar surface area (TPSA) is 236 Å². The van der Waals surface area contributed by atoms with E-state index < -0.39 is 46.3 Å². The highest BCUT2D eigenvalue weighted by Crippen LogP contribution is 2.46. The highest BCUT2D eigenvalue weighted by molar-refractivity contribution is 8.00. The number of nitrogens with two attached hydrogens (primary N) is 1. The van der Waals surface area contributed by atoms with Gasteiger partial charge in [-0.15, -0.1) is 23.1 Å². The molecule has 0 radical (unpaired) electrons. The number of thiazole rings is 1. The molecule has 2 amide bonds. The van der Waals surface area contributed by atoms with Crippen LogP contribution in [0, 0.1) is 5.92 Å². The molecule has 2 atom stereocenters. The highest BCUT2D eigenvalue weighted by Gasteiger charge is 2.53. The van der Waals surface area contributed by atoms with Gasteiger partial charge in [0.1, 0.15) is 12.2 Å². The number of anilines is 1. The van der Waals surface area contributed by atoms with Crippen molar-refractivity contribution in [1.82, 2.24) is 14.8 Å². The van der Waals surface area contributed by atoms with Crippen LogP contribution in [-0.2, 0) is 24.0 Å². The first-order chi connectivity index (χ1) is 23.5. The quantitative estimate of drug-likeness (QED) is 0.0686. The summed E-state index contributed by atoms with van der Waals surface area (Å²) in [5.41, 5.74) is 4.27. The first kappa shape index (κ1) is 36.6. The number of hydrogen-bond acceptors (Lipinski definition) is 14. The number of likely N-dealkylation sites (N-methyl/N-ethyl adjacent to an activating group) is 1. The molecular formula is C32H38N6O10S2. The van der Waals surface area contributed by atoms with Crippen molar-refractivity contribution >= 4 is 63.5 Å². The molecule has 4 heterocycles. The fourth-order valence-corrected chi connectivity index (χ4v) is 8.22. The number of Topliss-reactive ketones (excluding diaryl/α,β-unsaturated/α-hetero) is 1. The molecule has 2 aromatic rings. The lowest BCUT2D eigenvalue weighted by atomic mass is 9.89. The zero-order valence-corrected chi connectivity index (χ0v) is 29.3. The third kappa shape index (κ3) is 7.41. The van der Waals surface area contributed by atoms with Gasteiger partial charge in [-0.25, -0.2) is 9.78 Å². The Bertz CT molecular complexity index is 1780. The number of carboxylic acid groups (broad SMARTS) is 2. The summed E-state index contributed by atoms with van der Waals surface area (Å²) < 4.78 is 0.503. The van der Waals surface area contributed by atoms with Gasteiger partial charge in [0.2, 0.25) is 11.5 Å². The summed E-state index contributed by atoms with van der Waals surface area (Å²) >= 11 is 2.38. The number of hydrogen-bond donors (Lipinski definition) is 4. The Morgan fingerprint density at radius 3 is 2.50 bits per heavy atom. The molecule has 3 aliphatic heterocycles. The number of nitrogen functional groups attached to an aromatic ring is 1. The van der Waals surface area contributed by atoms with Gasteiger partial charge in [0.15, 0.2) is 28.1 Å². The van der Waals surface area contributed by atoms with Crippen molar-refractivity contribution in [2.75, 3.05) is 51.3 Å². The number of aromatic nitrogens is 1. The number of carbonyl (C=O) groups excluding carboxylic acids is 4. The first-order valence-electron chi connectivity index (χ1n) is 15.8. The number of aromatic hydroxyl groups is 2. The van der Waals surface area contributed by atoms with Gasteiger partial charge in [0.05, 0.1) is 49.1 Å². The van der Waals surface area contributed by atoms with E-state index in [0.29, 0.717) is 29.7 Å². The number of fused-ring (bicyclic) bond motifs is 1. The number of aliphatic carboxylic acids is 2. The molecule has 0 saturated carbocycles. The Hall–Kier alpha value is -4.68. The van der Waals surface area contributed by atoms with Gasteiger partial charge in [-0.2, -0.15) is 0 Å². The van der Waals surface area contributed by atoms with Gasteiger partial charge in [-0.05, 0) is 32.0 Å². The van der Waals surface area contributed by atoms with Crippen molar-refractivity contribution < 1.29 is 53.7 Å². The van der Waals surface area contributed by atoms with Gasteiger partial charge in [-0.1, -0.05) is 5.16 Å². The summed E-state index contributed by atoms with van der Waals surface area (Å²) in [4.78, 5) is 76.1. The van der Waals surface area contributed by atoms with E-state index in [1.165, 1.54) is 59.0 Å². The number of carbonyl (C=O) groups is 5. The van der Waals surface area contributed by atoms with Crippen LogP contribution in [0.15, 0.2) is 40.0 Å². The summed E-state index contributed by atoms with van der Waals surface area (Å²) in [6.07, 6.45) is 1.46. The van der Waals surface area contributed by atoms with Crippen LogP contribution in [0.25, 0.3) is 0 Å². The minimum Gasteiger partial charge on any atom is -0.543 e. The van der Waals surface area contributed by atoms with Crippen molar-refractivity contribution in [3.8, 4) is 11.5 Å². The molecule has 16 nitrogen and oxygen atoms in total. The fraction of sp³-hybridized carbons (Fsp3) is 0.469. The molecule has 0 aliphatic carbocycles. The lowest BCUT2D eigenvalue weighted by Crippen LogP contribution is -2.64. The highest BCUT2D eigenvalue weighted by atomic mass is 32.2. The number of nitrogens with zero attached hydrogens (tertiary/aromatic N) is 5. The molecule has 5 N–H and O–H groups in total. The average Bonchev–Trinajstić information content (AvgIpc) is 3.72. The molecule has 0 unspecified atom stereocenters. The molecule has 0 spiro atoms. The largest absolute Gasteiger partial charge is 0.543 e. The number of oxime groups is 1. The van der Waals surface area contributed by atoms with E-state index in [4.69, 9.17) is 10.6 Å². The van der Waals surface area contributed by atoms with Crippen molar-refractivity contribution in [1.29, 1.82) is 0 Å². The number of thioether (sulfide) groups is 1. The van der Waals surface area contributed by atoms with Crippen molar-refractivity contribution in [2.45, 2.75) is 44.1 Å². The van der Waals surface area contributed by atoms with E-state index >= 15 is 0 Å². The van der Waals surface area contributed by atoms with E-state index in [9.17, 15) is 44.4 Å². The molecular weight excluding hydrogens is 693 g/mol. The third-order valence-corrected chi connectivity index (χ3v) is 11.3. The third-order valence-electron chi connectivity index (χ3n) is 9.18. The maximum Gasteiger partial charge on any atom is 0.350 e. The minimum absolute atomic E-state index is 0.0596. The van der Waals surface area contributed by atoms with Crippen molar-refractivity contribution in [2.24, 2.45) is 11.1 Å². The maximum atomic E-state index is 13.5. The Balaban J connectivity index is 1.31. The SMILES string of the molecule is CN(CC[N+]1(CC2=C(C(=O)[O-])N3C(=O)[C@@H](CC(=O)/C(=N\OC(C)(C)C(=O)O)c4csc(N)n4)[C@H]3SC2)CCCC1)C(=O)c1ccc(O)c(O)c1. The molecule has 50 heavy (non-hydrogen) atoms. The number of likely N-dealkylation sites (tertiary alicyclic amines) is 1. The number of β-lactam (4-membered cyclic amide) rings is 1. The summed E-state index contributed by atoms with van der Waals surface area (Å²) in [7, 11) is 1.63. The lowest BCUT2D eigenvalue weighted by Gasteiger charge is -2.51. The van der Waals surface area contributed by atoms with Gasteiger partial charge in [-0.3, -0.25) is 19.3 Å². The first-order valence-corrected chi connectivity index (χ1v) is 17.7. The Kier molecular flexibility index (Phi) is 10.5. The summed E-state index contributed by atoms with van der Waals surface area (Å²) in [6, 6.07) is 3.86. The van der Waals surface area contributed by atoms with Crippen LogP contribution in [0.5, 0.6) is 11.5 Å². The van der Waals surface area contributed by atoms with Crippen LogP contribution in [0.2, 0.25) is 0 Å². The normalized spacial score (nSPS) is 20.3. The van der Waals surface area contributed by atoms with E-state index in [1.54, 1.807) is 7.05 Å². The van der Waals surface area contributed by atoms with Crippen molar-refractivity contribution in [3.63, 3.8) is 0 Å². The predicted octanol–water partition coefficient (Wildman–Crippen LogP) is 0.598. The van der Waals surface area contributed by atoms with Gasteiger partial charge in [0, 0.05) is 48.6 Å². The number of ketones is 1. The zero-order chi connectivity index (χ0) is 36.5. The zero-order valence-electron chi connectivity index (χ0n) is 27.7. The summed E-state index contributed by atoms with van der Waals surface area (Å²) in [6.45, 7) is 5.17. The van der Waals surface area contributed by atoms with E-state index in [2.05, 4.69) is 10.1 Å². The molecule has 18 heteroatoms. The number of amides is 2. The van der Waals surface area contributed by atoms with Gasteiger partial charge in [0.25, 0.3) is 5.91 Å². The molecule has 1 aromatic heterocycles. The van der Waals surface area contributed by atoms with Crippen LogP contribution in [-0.4, -0.2) is 126 Å². The number of benzene rings is 1. The van der Waals surface area contributed by atoms with E-state index in [0.717, 1.165) is 37.3 Å². The molecule has 5 rings (SSSR count). The van der Waals surface area contributed by atoms with Gasteiger partial charge < -0.3 is 45.2 Å². The molecule has 2 saturated heterocycles. The van der Waals surface area contributed by atoms with Crippen LogP contribution >= 0.6 is 23.1 Å². The molecule has 268 valence electrons. The number of quaternary nitrogens is 1. The minimum atomic E-state index is -1.77. The predicted molar refractivity (Wildman–Crippen MR) is 180 cm³/mol. The maximum absolute atomic E-state index is 13.5. The Labute approximate surface area is 295 Å². The van der Waals surface area contributed by atoms with Crippen LogP contribution in [0.1, 0.15) is 49.2 Å². The monoisotopic (exact) mass is 730 g/mol. The lowest BCUT2D eigenvalue weighted by molar-refractivity contribution is -0.911. The van der Waals surface area contributed by atoms with Gasteiger partial charge >= 0.3 is 5.97 Å². The number of rotatable bonds is 14. The average molecular weight is 731 g/mol. The second kappa shape index (κ2) is 14.3. The standard InChI is InChI=1S/C32H38N6O10S2/c1-32(2,30(46)47)48-35-24(20-16-50-31(33)34-20)23(41)13-19-27(43)37-25(29(44)45)18(15-49-28(19)37)14-38(9-4-5-10-38)11-8-36(3)26(42)17-6-7-21(39)22(40)12-17/h6-7,12,16,19,28H,4-5,8-11,13-15H2,1-3H3,(H5-,33,34,35,39,40,41,42,44,45,46,47)/t19-,28-/m1/s1. The van der Waals surface area contributed by atoms with Crippen molar-refractivity contribution in [3.05, 3.63) is 46.1 Å². The summed E-state index contributed by atoms with van der Waals surface area (Å²) in [5.74, 6) is -5.71. The second-order valence-corrected chi connectivity index (χ2v) is 15.1. The van der Waals surface area contributed by atoms with Crippen LogP contribution < -0.4 is 10.8 Å². The Morgan fingerprint density at radius 1 is 1.20 bits per heavy atom. The second-order valence-electron chi connectivity index (χ2n) is 13.1. The number of phenolic OH excluding ortho intramolecular Hbond substituents is 2. The molecule has 1 aromatic carbocycles. The Morgan fingerprint density at radius 2 is 1.90 bits per heavy atom. The van der Waals surface area contributed by atoms with Crippen LogP contribution in [0.4, 0.5) is 5.13 Å². The molecule has 0 bridgehead atoms. The number of carboxylic acids is 2. The fourth-order valence-electron chi connectivity index (χ4n) is 6.27. The smallest absolute Gasteiger partial charge is 0.350 e. The number of phenols is 2. The molecule has 2 fully saturated rings. The van der Waals surface area contributed by atoms with Crippen LogP contribution in [0.3, 0.4) is 0 Å².